The molecule has 1 spiro atoms. The van der Waals surface area contributed by atoms with Crippen molar-refractivity contribution in [3.05, 3.63) is 59.4 Å². The molecule has 1 atom stereocenters. The molecular formula is C26H26F3N5O2. The van der Waals surface area contributed by atoms with Gasteiger partial charge in [-0.2, -0.15) is 18.4 Å². The molecule has 3 heterocycles. The van der Waals surface area contributed by atoms with Gasteiger partial charge in [-0.05, 0) is 56.0 Å². The van der Waals surface area contributed by atoms with E-state index in [1.807, 2.05) is 4.90 Å². The highest BCUT2D eigenvalue weighted by molar-refractivity contribution is 5.95. The highest BCUT2D eigenvalue weighted by Crippen LogP contribution is 2.46. The topological polar surface area (TPSA) is 89.3 Å². The van der Waals surface area contributed by atoms with Crippen molar-refractivity contribution in [3.63, 3.8) is 0 Å². The van der Waals surface area contributed by atoms with Gasteiger partial charge >= 0.3 is 6.18 Å². The number of carbonyl (C=O) groups is 2. The normalized spacial score (nSPS) is 21.3. The maximum atomic E-state index is 13.5. The van der Waals surface area contributed by atoms with E-state index in [0.717, 1.165) is 18.9 Å². The van der Waals surface area contributed by atoms with Gasteiger partial charge in [0.1, 0.15) is 0 Å². The Hall–Kier alpha value is -3.61. The molecule has 1 aromatic carbocycles. The summed E-state index contributed by atoms with van der Waals surface area (Å²) in [6.45, 7) is 1.64. The molecule has 2 saturated heterocycles. The number of hydrogen-bond acceptors (Lipinski definition) is 5. The molecule has 2 aliphatic heterocycles. The van der Waals surface area contributed by atoms with Crippen LogP contribution in [0.2, 0.25) is 0 Å². The summed E-state index contributed by atoms with van der Waals surface area (Å²) in [5.41, 5.74) is -0.884. The number of benzene rings is 1. The molecule has 7 nitrogen and oxygen atoms in total. The summed E-state index contributed by atoms with van der Waals surface area (Å²) >= 11 is 0. The molecule has 36 heavy (non-hydrogen) atoms. The lowest BCUT2D eigenvalue weighted by Crippen LogP contribution is -2.49. The maximum Gasteiger partial charge on any atom is 0.417 e. The Kier molecular flexibility index (Phi) is 6.10. The number of alkyl halides is 3. The number of piperidine rings is 1. The number of nitrogens with zero attached hydrogens (tertiary/aromatic N) is 4. The molecule has 0 radical (unpaired) electrons. The van der Waals surface area contributed by atoms with Crippen LogP contribution in [0.15, 0.2) is 42.7 Å². The van der Waals surface area contributed by atoms with E-state index >= 15 is 0 Å². The standard InChI is InChI=1S/C26H26F3N5O2/c27-26(28,29)21-13-20(4-1-18(21)14-30)33-11-7-25(8-12-33)16-34(24(36)17-5-9-31-10-6-17)15-22(25)23(35)32-19-2-3-19/h1,4-6,9-10,13,19,22H,2-3,7-8,11-12,15-16H2,(H,32,35). The van der Waals surface area contributed by atoms with E-state index in [1.54, 1.807) is 35.5 Å². The van der Waals surface area contributed by atoms with Crippen molar-refractivity contribution in [1.82, 2.24) is 15.2 Å². The molecule has 2 amide bonds. The lowest BCUT2D eigenvalue weighted by atomic mass is 9.70. The molecule has 3 aliphatic rings. The van der Waals surface area contributed by atoms with Crippen molar-refractivity contribution in [1.29, 1.82) is 5.26 Å². The SMILES string of the molecule is N#Cc1ccc(N2CCC3(CC2)CN(C(=O)c2ccncc2)CC3C(=O)NC2CC2)cc1C(F)(F)F. The second-order valence-electron chi connectivity index (χ2n) is 9.95. The molecule has 3 fully saturated rings. The first kappa shape index (κ1) is 24.1. The molecular weight excluding hydrogens is 471 g/mol. The molecule has 1 unspecified atom stereocenters. The molecule has 188 valence electrons. The number of pyridine rings is 1. The van der Waals surface area contributed by atoms with Crippen molar-refractivity contribution in [3.8, 4) is 6.07 Å². The average Bonchev–Trinajstić information content (AvgIpc) is 3.62. The third-order valence-electron chi connectivity index (χ3n) is 7.66. The first-order chi connectivity index (χ1) is 17.2. The zero-order chi connectivity index (χ0) is 25.5. The van der Waals surface area contributed by atoms with Gasteiger partial charge in [-0.1, -0.05) is 0 Å². The van der Waals surface area contributed by atoms with Crippen LogP contribution in [0.3, 0.4) is 0 Å². The van der Waals surface area contributed by atoms with Crippen molar-refractivity contribution >= 4 is 17.5 Å². The van der Waals surface area contributed by atoms with Crippen molar-refractivity contribution in [2.24, 2.45) is 11.3 Å². The molecule has 1 saturated carbocycles. The molecule has 1 aromatic heterocycles. The Balaban J connectivity index is 1.36. The minimum Gasteiger partial charge on any atom is -0.371 e. The Morgan fingerprint density at radius 1 is 1.11 bits per heavy atom. The number of nitriles is 1. The third-order valence-corrected chi connectivity index (χ3v) is 7.66. The van der Waals surface area contributed by atoms with E-state index in [-0.39, 0.29) is 23.8 Å². The van der Waals surface area contributed by atoms with Crippen LogP contribution in [0.1, 0.15) is 47.2 Å². The van der Waals surface area contributed by atoms with Gasteiger partial charge < -0.3 is 15.1 Å². The van der Waals surface area contributed by atoms with Gasteiger partial charge in [0.2, 0.25) is 5.91 Å². The third kappa shape index (κ3) is 4.62. The Bertz CT molecular complexity index is 1200. The van der Waals surface area contributed by atoms with E-state index in [1.165, 1.54) is 12.1 Å². The van der Waals surface area contributed by atoms with Gasteiger partial charge in [0.15, 0.2) is 0 Å². The first-order valence-electron chi connectivity index (χ1n) is 12.1. The van der Waals surface area contributed by atoms with Gasteiger partial charge in [0.05, 0.1) is 23.1 Å². The number of likely N-dealkylation sites (tertiary alicyclic amines) is 1. The van der Waals surface area contributed by atoms with E-state index in [4.69, 9.17) is 5.26 Å². The van der Waals surface area contributed by atoms with Crippen LogP contribution in [0.4, 0.5) is 18.9 Å². The smallest absolute Gasteiger partial charge is 0.371 e. The molecule has 1 aliphatic carbocycles. The van der Waals surface area contributed by atoms with E-state index < -0.39 is 22.7 Å². The summed E-state index contributed by atoms with van der Waals surface area (Å²) < 4.78 is 40.4. The first-order valence-corrected chi connectivity index (χ1v) is 12.1. The van der Waals surface area contributed by atoms with Crippen LogP contribution in [0.25, 0.3) is 0 Å². The quantitative estimate of drug-likeness (QED) is 0.697. The minimum atomic E-state index is -4.62. The number of rotatable bonds is 4. The van der Waals surface area contributed by atoms with Gasteiger partial charge in [-0.3, -0.25) is 14.6 Å². The van der Waals surface area contributed by atoms with Crippen LogP contribution in [0, 0.1) is 22.7 Å². The molecule has 1 N–H and O–H groups in total. The zero-order valence-corrected chi connectivity index (χ0v) is 19.6. The highest BCUT2D eigenvalue weighted by Gasteiger charge is 2.53. The Morgan fingerprint density at radius 3 is 2.42 bits per heavy atom. The predicted molar refractivity (Wildman–Crippen MR) is 125 cm³/mol. The van der Waals surface area contributed by atoms with Crippen LogP contribution >= 0.6 is 0 Å². The summed E-state index contributed by atoms with van der Waals surface area (Å²) in [7, 11) is 0. The predicted octanol–water partition coefficient (Wildman–Crippen LogP) is 3.61. The number of halogens is 3. The zero-order valence-electron chi connectivity index (χ0n) is 19.6. The second kappa shape index (κ2) is 9.12. The molecule has 10 heteroatoms. The fourth-order valence-corrected chi connectivity index (χ4v) is 5.47. The van der Waals surface area contributed by atoms with E-state index in [9.17, 15) is 22.8 Å². The Labute approximate surface area is 206 Å². The van der Waals surface area contributed by atoms with Gasteiger partial charge in [0.25, 0.3) is 5.91 Å². The summed E-state index contributed by atoms with van der Waals surface area (Å²) in [5.74, 6) is -0.575. The molecule has 5 rings (SSSR count). The number of carbonyl (C=O) groups excluding carboxylic acids is 2. The lowest BCUT2D eigenvalue weighted by molar-refractivity contribution is -0.137. The minimum absolute atomic E-state index is 0.0475. The van der Waals surface area contributed by atoms with Crippen LogP contribution in [-0.4, -0.2) is 53.9 Å². The van der Waals surface area contributed by atoms with E-state index in [2.05, 4.69) is 10.3 Å². The summed E-state index contributed by atoms with van der Waals surface area (Å²) in [4.78, 5) is 34.0. The van der Waals surface area contributed by atoms with Crippen molar-refractivity contribution < 1.29 is 22.8 Å². The number of hydrogen-bond donors (Lipinski definition) is 1. The second-order valence-corrected chi connectivity index (χ2v) is 9.95. The highest BCUT2D eigenvalue weighted by atomic mass is 19.4. The fraction of sp³-hybridized carbons (Fsp3) is 0.462. The number of amides is 2. The monoisotopic (exact) mass is 497 g/mol. The Morgan fingerprint density at radius 2 is 1.81 bits per heavy atom. The van der Waals surface area contributed by atoms with Crippen LogP contribution in [-0.2, 0) is 11.0 Å². The summed E-state index contributed by atoms with van der Waals surface area (Å²) in [5, 5.41) is 12.2. The van der Waals surface area contributed by atoms with Crippen LogP contribution < -0.4 is 10.2 Å². The lowest BCUT2D eigenvalue weighted by Gasteiger charge is -2.43. The number of nitrogens with one attached hydrogen (secondary N) is 1. The van der Waals surface area contributed by atoms with Crippen molar-refractivity contribution in [2.45, 2.75) is 37.9 Å². The van der Waals surface area contributed by atoms with E-state index in [0.29, 0.717) is 50.3 Å². The number of anilines is 1. The number of aromatic nitrogens is 1. The summed E-state index contributed by atoms with van der Waals surface area (Å²) in [6, 6.07) is 8.89. The summed E-state index contributed by atoms with van der Waals surface area (Å²) in [6.07, 6.45) is 1.54. The molecule has 0 bridgehead atoms. The largest absolute Gasteiger partial charge is 0.417 e. The van der Waals surface area contributed by atoms with Crippen molar-refractivity contribution in [2.75, 3.05) is 31.1 Å². The maximum absolute atomic E-state index is 13.5. The van der Waals surface area contributed by atoms with Gasteiger partial charge in [0, 0.05) is 61.3 Å². The fourth-order valence-electron chi connectivity index (χ4n) is 5.47. The average molecular weight is 498 g/mol. The van der Waals surface area contributed by atoms with Gasteiger partial charge in [-0.25, -0.2) is 0 Å². The molecule has 2 aromatic rings. The van der Waals surface area contributed by atoms with Crippen LogP contribution in [0.5, 0.6) is 0 Å². The van der Waals surface area contributed by atoms with Gasteiger partial charge in [-0.15, -0.1) is 0 Å².